The third kappa shape index (κ3) is 3.01. The summed E-state index contributed by atoms with van der Waals surface area (Å²) in [7, 11) is 0. The van der Waals surface area contributed by atoms with Crippen molar-refractivity contribution in [1.82, 2.24) is 20.4 Å². The Balaban J connectivity index is 1.64. The molecule has 0 fully saturated rings. The van der Waals surface area contributed by atoms with Crippen LogP contribution in [0, 0.1) is 13.8 Å². The molecule has 0 saturated carbocycles. The van der Waals surface area contributed by atoms with Crippen molar-refractivity contribution in [3.05, 3.63) is 52.3 Å². The van der Waals surface area contributed by atoms with Crippen molar-refractivity contribution in [3.8, 4) is 0 Å². The number of hydrogen-bond donors (Lipinski definition) is 3. The van der Waals surface area contributed by atoms with Gasteiger partial charge in [-0.25, -0.2) is 4.79 Å². The molecule has 2 aromatic rings. The highest BCUT2D eigenvalue weighted by atomic mass is 16.3. The lowest BCUT2D eigenvalue weighted by atomic mass is 10.1. The average molecular weight is 328 g/mol. The van der Waals surface area contributed by atoms with Crippen molar-refractivity contribution in [1.29, 1.82) is 0 Å². The van der Waals surface area contributed by atoms with Crippen LogP contribution < -0.4 is 10.6 Å². The minimum Gasteiger partial charge on any atom is -0.390 e. The van der Waals surface area contributed by atoms with Crippen LogP contribution in [0.15, 0.2) is 24.3 Å². The number of aliphatic hydroxyl groups excluding tert-OH is 1. The van der Waals surface area contributed by atoms with Crippen LogP contribution in [-0.2, 0) is 19.5 Å². The van der Waals surface area contributed by atoms with Crippen LogP contribution in [-0.4, -0.2) is 27.0 Å². The zero-order valence-electron chi connectivity index (χ0n) is 14.3. The van der Waals surface area contributed by atoms with Gasteiger partial charge in [-0.15, -0.1) is 0 Å². The second-order valence-corrected chi connectivity index (χ2v) is 6.24. The lowest BCUT2D eigenvalue weighted by molar-refractivity contribution is 0.142. The van der Waals surface area contributed by atoms with Crippen LogP contribution in [0.2, 0.25) is 0 Å². The van der Waals surface area contributed by atoms with Gasteiger partial charge >= 0.3 is 6.03 Å². The SMILES string of the molecule is CCn1nc(C)c(CNC(=O)N[C@H]2c3ccccc3C[C@H]2O)c1C. The van der Waals surface area contributed by atoms with E-state index in [1.165, 1.54) is 0 Å². The van der Waals surface area contributed by atoms with E-state index in [0.717, 1.165) is 34.6 Å². The molecule has 1 aromatic carbocycles. The maximum absolute atomic E-state index is 12.3. The first-order chi connectivity index (χ1) is 11.5. The molecule has 128 valence electrons. The molecular weight excluding hydrogens is 304 g/mol. The van der Waals surface area contributed by atoms with Crippen molar-refractivity contribution in [2.45, 2.75) is 52.4 Å². The monoisotopic (exact) mass is 328 g/mol. The van der Waals surface area contributed by atoms with E-state index in [1.54, 1.807) is 0 Å². The Bertz CT molecular complexity index is 753. The molecule has 6 heteroatoms. The summed E-state index contributed by atoms with van der Waals surface area (Å²) in [5, 5.41) is 20.4. The topological polar surface area (TPSA) is 79.2 Å². The van der Waals surface area contributed by atoms with Gasteiger partial charge in [0.2, 0.25) is 0 Å². The van der Waals surface area contributed by atoms with Gasteiger partial charge in [-0.05, 0) is 31.9 Å². The molecule has 0 radical (unpaired) electrons. The van der Waals surface area contributed by atoms with Gasteiger partial charge in [0, 0.05) is 30.8 Å². The molecule has 0 saturated heterocycles. The van der Waals surface area contributed by atoms with E-state index in [-0.39, 0.29) is 12.1 Å². The summed E-state index contributed by atoms with van der Waals surface area (Å²) in [6, 6.07) is 7.18. The summed E-state index contributed by atoms with van der Waals surface area (Å²) < 4.78 is 1.93. The fraction of sp³-hybridized carbons (Fsp3) is 0.444. The van der Waals surface area contributed by atoms with Crippen LogP contribution >= 0.6 is 0 Å². The Morgan fingerprint density at radius 3 is 2.83 bits per heavy atom. The van der Waals surface area contributed by atoms with E-state index < -0.39 is 6.10 Å². The molecule has 0 spiro atoms. The average Bonchev–Trinajstić information content (AvgIpc) is 3.02. The maximum atomic E-state index is 12.3. The second-order valence-electron chi connectivity index (χ2n) is 6.24. The van der Waals surface area contributed by atoms with Crippen LogP contribution in [0.1, 0.15) is 41.0 Å². The number of aryl methyl sites for hydroxylation is 2. The minimum absolute atomic E-state index is 0.279. The highest BCUT2D eigenvalue weighted by Gasteiger charge is 2.31. The largest absolute Gasteiger partial charge is 0.390 e. The highest BCUT2D eigenvalue weighted by Crippen LogP contribution is 2.31. The lowest BCUT2D eigenvalue weighted by Crippen LogP contribution is -2.40. The standard InChI is InChI=1S/C18H24N4O2/c1-4-22-12(3)15(11(2)21-22)10-19-18(24)20-17-14-8-6-5-7-13(14)9-16(17)23/h5-8,16-17,23H,4,9-10H2,1-3H3,(H2,19,20,24)/t16-,17+/m1/s1. The molecule has 3 N–H and O–H groups in total. The van der Waals surface area contributed by atoms with E-state index in [0.29, 0.717) is 13.0 Å². The summed E-state index contributed by atoms with van der Waals surface area (Å²) >= 11 is 0. The van der Waals surface area contributed by atoms with Gasteiger partial charge in [-0.2, -0.15) is 5.10 Å². The van der Waals surface area contributed by atoms with Crippen LogP contribution in [0.3, 0.4) is 0 Å². The van der Waals surface area contributed by atoms with Crippen molar-refractivity contribution in [3.63, 3.8) is 0 Å². The number of fused-ring (bicyclic) bond motifs is 1. The first kappa shape index (κ1) is 16.5. The van der Waals surface area contributed by atoms with Gasteiger partial charge in [0.25, 0.3) is 0 Å². The van der Waals surface area contributed by atoms with Crippen LogP contribution in [0.5, 0.6) is 0 Å². The fourth-order valence-corrected chi connectivity index (χ4v) is 3.41. The number of carbonyl (C=O) groups is 1. The molecule has 6 nitrogen and oxygen atoms in total. The van der Waals surface area contributed by atoms with Gasteiger partial charge in [-0.1, -0.05) is 24.3 Å². The highest BCUT2D eigenvalue weighted by molar-refractivity contribution is 5.75. The molecule has 0 aliphatic heterocycles. The molecule has 2 atom stereocenters. The summed E-state index contributed by atoms with van der Waals surface area (Å²) in [4.78, 5) is 12.3. The molecule has 1 aliphatic carbocycles. The number of benzene rings is 1. The Labute approximate surface area is 141 Å². The normalized spacial score (nSPS) is 19.2. The van der Waals surface area contributed by atoms with E-state index in [2.05, 4.69) is 15.7 Å². The van der Waals surface area contributed by atoms with Crippen LogP contribution in [0.4, 0.5) is 4.79 Å². The summed E-state index contributed by atoms with van der Waals surface area (Å²) in [5.74, 6) is 0. The first-order valence-corrected chi connectivity index (χ1v) is 8.34. The first-order valence-electron chi connectivity index (χ1n) is 8.34. The van der Waals surface area contributed by atoms with E-state index in [4.69, 9.17) is 0 Å². The van der Waals surface area contributed by atoms with E-state index in [9.17, 15) is 9.90 Å². The van der Waals surface area contributed by atoms with Gasteiger partial charge < -0.3 is 15.7 Å². The van der Waals surface area contributed by atoms with Gasteiger partial charge in [-0.3, -0.25) is 4.68 Å². The van der Waals surface area contributed by atoms with Crippen molar-refractivity contribution in [2.24, 2.45) is 0 Å². The number of carbonyl (C=O) groups excluding carboxylic acids is 1. The molecule has 24 heavy (non-hydrogen) atoms. The van der Waals surface area contributed by atoms with Crippen molar-refractivity contribution >= 4 is 6.03 Å². The molecule has 3 rings (SSSR count). The van der Waals surface area contributed by atoms with E-state index >= 15 is 0 Å². The number of aliphatic hydroxyl groups is 1. The van der Waals surface area contributed by atoms with Crippen LogP contribution in [0.25, 0.3) is 0 Å². The van der Waals surface area contributed by atoms with Gasteiger partial charge in [0.15, 0.2) is 0 Å². The molecule has 0 bridgehead atoms. The Morgan fingerprint density at radius 2 is 2.12 bits per heavy atom. The van der Waals surface area contributed by atoms with Crippen molar-refractivity contribution in [2.75, 3.05) is 0 Å². The third-order valence-corrected chi connectivity index (χ3v) is 4.75. The number of nitrogens with zero attached hydrogens (tertiary/aromatic N) is 2. The number of amides is 2. The van der Waals surface area contributed by atoms with Gasteiger partial charge in [0.05, 0.1) is 17.8 Å². The second kappa shape index (κ2) is 6.65. The smallest absolute Gasteiger partial charge is 0.315 e. The zero-order chi connectivity index (χ0) is 17.3. The molecule has 1 heterocycles. The van der Waals surface area contributed by atoms with Crippen molar-refractivity contribution < 1.29 is 9.90 Å². The molecular formula is C18H24N4O2. The number of hydrogen-bond acceptors (Lipinski definition) is 3. The maximum Gasteiger partial charge on any atom is 0.315 e. The predicted molar refractivity (Wildman–Crippen MR) is 91.6 cm³/mol. The molecule has 1 aliphatic rings. The molecule has 0 unspecified atom stereocenters. The number of nitrogens with one attached hydrogen (secondary N) is 2. The third-order valence-electron chi connectivity index (χ3n) is 4.75. The lowest BCUT2D eigenvalue weighted by Gasteiger charge is -2.18. The Hall–Kier alpha value is -2.34. The Kier molecular flexibility index (Phi) is 4.57. The van der Waals surface area contributed by atoms with E-state index in [1.807, 2.05) is 49.7 Å². The predicted octanol–water partition coefficient (Wildman–Crippen LogP) is 1.98. The quantitative estimate of drug-likeness (QED) is 0.803. The summed E-state index contributed by atoms with van der Waals surface area (Å²) in [6.45, 7) is 7.24. The zero-order valence-corrected chi connectivity index (χ0v) is 14.3. The summed E-state index contributed by atoms with van der Waals surface area (Å²) in [6.07, 6.45) is -0.0118. The Morgan fingerprint density at radius 1 is 1.38 bits per heavy atom. The molecule has 2 amide bonds. The number of aromatic nitrogens is 2. The number of rotatable bonds is 4. The minimum atomic E-state index is -0.584. The van der Waals surface area contributed by atoms with Gasteiger partial charge in [0.1, 0.15) is 0 Å². The fourth-order valence-electron chi connectivity index (χ4n) is 3.41. The molecule has 1 aromatic heterocycles. The number of urea groups is 1. The summed E-state index contributed by atoms with van der Waals surface area (Å²) in [5.41, 5.74) is 5.12.